The summed E-state index contributed by atoms with van der Waals surface area (Å²) in [7, 11) is 1.36. The standard InChI is InChI=1S/C23H27N3O4S/c1-3-25-19(27)17-16-12-24-22(31-13-15-9-10-15)26(16)23(21(29)30-2,18(17)20(25)28)11-14-7-5-4-6-8-14/h4-8,15-18H,3,9-13H2,1-2H3/t16-,17+,18-,23-/m1/s1. The maximum Gasteiger partial charge on any atom is 0.333 e. The zero-order valence-corrected chi connectivity index (χ0v) is 18.6. The van der Waals surface area contributed by atoms with E-state index >= 15 is 0 Å². The van der Waals surface area contributed by atoms with Crippen LogP contribution in [0.25, 0.3) is 0 Å². The second-order valence-electron chi connectivity index (χ2n) is 8.82. The number of ether oxygens (including phenoxy) is 1. The molecule has 0 spiro atoms. The van der Waals surface area contributed by atoms with E-state index in [1.165, 1.54) is 24.9 Å². The largest absolute Gasteiger partial charge is 0.467 e. The Hall–Kier alpha value is -2.35. The van der Waals surface area contributed by atoms with Crippen molar-refractivity contribution < 1.29 is 19.1 Å². The van der Waals surface area contributed by atoms with Crippen LogP contribution in [0, 0.1) is 17.8 Å². The first kappa shape index (κ1) is 20.5. The molecule has 1 aromatic carbocycles. The summed E-state index contributed by atoms with van der Waals surface area (Å²) in [6.07, 6.45) is 2.75. The summed E-state index contributed by atoms with van der Waals surface area (Å²) < 4.78 is 5.34. The lowest BCUT2D eigenvalue weighted by Gasteiger charge is -2.40. The number of amides is 2. The Kier molecular flexibility index (Phi) is 5.07. The molecule has 4 atom stereocenters. The van der Waals surface area contributed by atoms with Gasteiger partial charge in [-0.2, -0.15) is 0 Å². The van der Waals surface area contributed by atoms with Gasteiger partial charge in [-0.25, -0.2) is 4.79 Å². The predicted molar refractivity (Wildman–Crippen MR) is 117 cm³/mol. The molecule has 2 saturated heterocycles. The number of benzene rings is 1. The van der Waals surface area contributed by atoms with Crippen molar-refractivity contribution in [2.24, 2.45) is 22.7 Å². The van der Waals surface area contributed by atoms with E-state index in [0.717, 1.165) is 16.5 Å². The molecule has 31 heavy (non-hydrogen) atoms. The Labute approximate surface area is 186 Å². The van der Waals surface area contributed by atoms with E-state index in [4.69, 9.17) is 9.73 Å². The van der Waals surface area contributed by atoms with E-state index in [-0.39, 0.29) is 17.9 Å². The Bertz CT molecular complexity index is 947. The first-order chi connectivity index (χ1) is 15.0. The third-order valence-corrected chi connectivity index (χ3v) is 8.29. The van der Waals surface area contributed by atoms with Crippen LogP contribution < -0.4 is 0 Å². The van der Waals surface area contributed by atoms with Crippen molar-refractivity contribution in [2.75, 3.05) is 26.0 Å². The fourth-order valence-corrected chi connectivity index (χ4v) is 6.80. The number of carbonyl (C=O) groups is 3. The van der Waals surface area contributed by atoms with Crippen LogP contribution >= 0.6 is 11.8 Å². The second kappa shape index (κ2) is 7.65. The van der Waals surface area contributed by atoms with E-state index < -0.39 is 23.3 Å². The van der Waals surface area contributed by atoms with Crippen LogP contribution in [-0.4, -0.2) is 70.3 Å². The smallest absolute Gasteiger partial charge is 0.333 e. The van der Waals surface area contributed by atoms with E-state index in [1.807, 2.05) is 35.2 Å². The molecular formula is C23H27N3O4S. The van der Waals surface area contributed by atoms with Gasteiger partial charge in [0.2, 0.25) is 11.8 Å². The molecule has 1 saturated carbocycles. The molecule has 0 N–H and O–H groups in total. The van der Waals surface area contributed by atoms with Gasteiger partial charge >= 0.3 is 5.97 Å². The number of esters is 1. The number of fused-ring (bicyclic) bond motifs is 3. The summed E-state index contributed by atoms with van der Waals surface area (Å²) in [6, 6.07) is 9.39. The maximum atomic E-state index is 13.6. The molecule has 5 rings (SSSR count). The number of methoxy groups -OCH3 is 1. The number of carbonyl (C=O) groups excluding carboxylic acids is 3. The number of thioether (sulfide) groups is 1. The van der Waals surface area contributed by atoms with Gasteiger partial charge < -0.3 is 9.64 Å². The van der Waals surface area contributed by atoms with Crippen molar-refractivity contribution >= 4 is 34.7 Å². The van der Waals surface area contributed by atoms with Gasteiger partial charge in [-0.15, -0.1) is 0 Å². The molecule has 0 bridgehead atoms. The summed E-state index contributed by atoms with van der Waals surface area (Å²) in [5.41, 5.74) is -0.338. The van der Waals surface area contributed by atoms with Gasteiger partial charge in [0.05, 0.1) is 31.5 Å². The zero-order valence-electron chi connectivity index (χ0n) is 17.8. The molecule has 1 aromatic rings. The molecule has 3 aliphatic heterocycles. The molecule has 0 unspecified atom stereocenters. The van der Waals surface area contributed by atoms with Crippen LogP contribution in [0.4, 0.5) is 0 Å². The molecule has 2 amide bonds. The molecular weight excluding hydrogens is 414 g/mol. The van der Waals surface area contributed by atoms with Crippen molar-refractivity contribution in [3.8, 4) is 0 Å². The van der Waals surface area contributed by atoms with E-state index in [0.29, 0.717) is 25.4 Å². The van der Waals surface area contributed by atoms with Crippen LogP contribution in [-0.2, 0) is 25.5 Å². The fraction of sp³-hybridized carbons (Fsp3) is 0.565. The summed E-state index contributed by atoms with van der Waals surface area (Å²) in [5.74, 6) is -0.607. The Balaban J connectivity index is 1.62. The summed E-state index contributed by atoms with van der Waals surface area (Å²) in [6.45, 7) is 2.54. The lowest BCUT2D eigenvalue weighted by Crippen LogP contribution is -2.61. The average molecular weight is 442 g/mol. The van der Waals surface area contributed by atoms with Gasteiger partial charge in [0.25, 0.3) is 0 Å². The van der Waals surface area contributed by atoms with Crippen molar-refractivity contribution in [1.82, 2.24) is 9.80 Å². The molecule has 7 nitrogen and oxygen atoms in total. The number of likely N-dealkylation sites (tertiary alicyclic amines) is 1. The minimum absolute atomic E-state index is 0.185. The third kappa shape index (κ3) is 3.02. The van der Waals surface area contributed by atoms with Gasteiger partial charge in [-0.1, -0.05) is 42.1 Å². The number of imide groups is 1. The highest BCUT2D eigenvalue weighted by Gasteiger charge is 2.73. The third-order valence-electron chi connectivity index (χ3n) is 7.07. The number of amidine groups is 1. The Morgan fingerprint density at radius 2 is 1.97 bits per heavy atom. The quantitative estimate of drug-likeness (QED) is 0.496. The monoisotopic (exact) mass is 441 g/mol. The van der Waals surface area contributed by atoms with E-state index in [2.05, 4.69) is 0 Å². The lowest BCUT2D eigenvalue weighted by atomic mass is 9.76. The van der Waals surface area contributed by atoms with E-state index in [1.54, 1.807) is 18.7 Å². The molecule has 1 aliphatic carbocycles. The highest BCUT2D eigenvalue weighted by molar-refractivity contribution is 8.13. The van der Waals surface area contributed by atoms with E-state index in [9.17, 15) is 14.4 Å². The molecule has 0 radical (unpaired) electrons. The summed E-state index contributed by atoms with van der Waals surface area (Å²) in [4.78, 5) is 48.4. The average Bonchev–Trinajstić information content (AvgIpc) is 3.37. The first-order valence-electron chi connectivity index (χ1n) is 11.0. The van der Waals surface area contributed by atoms with Crippen molar-refractivity contribution in [2.45, 2.75) is 37.8 Å². The fourth-order valence-electron chi connectivity index (χ4n) is 5.48. The summed E-state index contributed by atoms with van der Waals surface area (Å²) >= 11 is 1.65. The normalized spacial score (nSPS) is 31.7. The van der Waals surface area contributed by atoms with Crippen LogP contribution in [0.3, 0.4) is 0 Å². The number of rotatable bonds is 6. The van der Waals surface area contributed by atoms with Crippen LogP contribution in [0.2, 0.25) is 0 Å². The second-order valence-corrected chi connectivity index (χ2v) is 9.80. The summed E-state index contributed by atoms with van der Waals surface area (Å²) in [5, 5.41) is 0.774. The minimum atomic E-state index is -1.27. The molecule has 3 fully saturated rings. The maximum absolute atomic E-state index is 13.6. The van der Waals surface area contributed by atoms with Gasteiger partial charge in [-0.05, 0) is 31.2 Å². The van der Waals surface area contributed by atoms with Crippen LogP contribution in [0.15, 0.2) is 35.3 Å². The molecule has 164 valence electrons. The lowest BCUT2D eigenvalue weighted by molar-refractivity contribution is -0.158. The molecule has 0 aromatic heterocycles. The Morgan fingerprint density at radius 3 is 2.61 bits per heavy atom. The van der Waals surface area contributed by atoms with Gasteiger partial charge in [0.1, 0.15) is 0 Å². The molecule has 3 heterocycles. The minimum Gasteiger partial charge on any atom is -0.467 e. The number of nitrogens with zero attached hydrogens (tertiary/aromatic N) is 3. The number of hydrogen-bond acceptors (Lipinski definition) is 7. The molecule has 8 heteroatoms. The van der Waals surface area contributed by atoms with Gasteiger partial charge in [0.15, 0.2) is 10.7 Å². The van der Waals surface area contributed by atoms with Gasteiger partial charge in [-0.3, -0.25) is 19.5 Å². The van der Waals surface area contributed by atoms with Gasteiger partial charge in [0, 0.05) is 18.7 Å². The van der Waals surface area contributed by atoms with Crippen LogP contribution in [0.1, 0.15) is 25.3 Å². The van der Waals surface area contributed by atoms with Crippen molar-refractivity contribution in [3.63, 3.8) is 0 Å². The Morgan fingerprint density at radius 1 is 1.23 bits per heavy atom. The number of aliphatic imine (C=N–C) groups is 1. The predicted octanol–water partition coefficient (Wildman–Crippen LogP) is 1.96. The SMILES string of the molecule is CCN1C(=O)[C@H]2[C@H]3CN=C(SCC4CC4)N3[C@@](Cc3ccccc3)(C(=O)OC)[C@H]2C1=O. The van der Waals surface area contributed by atoms with Crippen molar-refractivity contribution in [3.05, 3.63) is 35.9 Å². The van der Waals surface area contributed by atoms with Crippen LogP contribution in [0.5, 0.6) is 0 Å². The highest BCUT2D eigenvalue weighted by atomic mass is 32.2. The number of hydrogen-bond donors (Lipinski definition) is 0. The highest BCUT2D eigenvalue weighted by Crippen LogP contribution is 2.54. The zero-order chi connectivity index (χ0) is 21.8. The molecule has 4 aliphatic rings. The van der Waals surface area contributed by atoms with Crippen molar-refractivity contribution in [1.29, 1.82) is 0 Å². The first-order valence-corrected chi connectivity index (χ1v) is 12.0. The topological polar surface area (TPSA) is 79.3 Å².